The number of thioether (sulfide) groups is 1. The second kappa shape index (κ2) is 7.64. The van der Waals surface area contributed by atoms with Crippen molar-refractivity contribution >= 4 is 51.9 Å². The van der Waals surface area contributed by atoms with Gasteiger partial charge in [0.1, 0.15) is 10.6 Å². The van der Waals surface area contributed by atoms with Crippen LogP contribution in [0.1, 0.15) is 41.8 Å². The van der Waals surface area contributed by atoms with E-state index in [9.17, 15) is 14.4 Å². The molecule has 0 fully saturated rings. The highest BCUT2D eigenvalue weighted by molar-refractivity contribution is 8.00. The summed E-state index contributed by atoms with van der Waals surface area (Å²) in [6, 6.07) is 13.5. The van der Waals surface area contributed by atoms with Crippen LogP contribution in [0, 0.1) is 6.92 Å². The molecule has 2 amide bonds. The molecule has 0 atom stereocenters. The first-order valence-electron chi connectivity index (χ1n) is 9.16. The average molecular weight is 451 g/mol. The van der Waals surface area contributed by atoms with Crippen LogP contribution in [-0.4, -0.2) is 33.0 Å². The van der Waals surface area contributed by atoms with Gasteiger partial charge < -0.3 is 9.25 Å². The zero-order chi connectivity index (χ0) is 21.5. The van der Waals surface area contributed by atoms with Crippen LogP contribution in [0.2, 0.25) is 0 Å². The number of nitrogens with zero attached hydrogens (tertiary/aromatic N) is 3. The van der Waals surface area contributed by atoms with E-state index in [0.717, 1.165) is 14.7 Å². The Morgan fingerprint density at radius 3 is 2.42 bits per heavy atom. The third kappa shape index (κ3) is 3.39. The maximum atomic E-state index is 13.0. The summed E-state index contributed by atoms with van der Waals surface area (Å²) < 4.78 is 6.49. The lowest BCUT2D eigenvalue weighted by molar-refractivity contribution is -0.0602. The quantitative estimate of drug-likeness (QED) is 0.328. The zero-order valence-corrected chi connectivity index (χ0v) is 17.7. The van der Waals surface area contributed by atoms with Gasteiger partial charge in [0.15, 0.2) is 4.34 Å². The van der Waals surface area contributed by atoms with Crippen molar-refractivity contribution in [3.8, 4) is 0 Å². The van der Waals surface area contributed by atoms with Crippen molar-refractivity contribution in [3.63, 3.8) is 0 Å². The minimum absolute atomic E-state index is 0.0634. The summed E-state index contributed by atoms with van der Waals surface area (Å²) >= 11 is 2.85. The van der Waals surface area contributed by atoms with E-state index in [1.807, 2.05) is 19.1 Å². The molecule has 0 saturated heterocycles. The van der Waals surface area contributed by atoms with Crippen LogP contribution in [0.15, 0.2) is 57.3 Å². The van der Waals surface area contributed by atoms with Gasteiger partial charge in [-0.05, 0) is 25.1 Å². The van der Waals surface area contributed by atoms with Gasteiger partial charge in [0, 0.05) is 16.7 Å². The molecule has 5 rings (SSSR count). The van der Waals surface area contributed by atoms with Crippen molar-refractivity contribution < 1.29 is 23.6 Å². The topological polar surface area (TPSA) is 103 Å². The van der Waals surface area contributed by atoms with Gasteiger partial charge in [-0.3, -0.25) is 9.59 Å². The van der Waals surface area contributed by atoms with Crippen molar-refractivity contribution in [2.75, 3.05) is 0 Å². The van der Waals surface area contributed by atoms with E-state index < -0.39 is 17.8 Å². The molecule has 0 spiro atoms. The van der Waals surface area contributed by atoms with E-state index in [2.05, 4.69) is 10.2 Å². The highest BCUT2D eigenvalue weighted by Crippen LogP contribution is 2.34. The highest BCUT2D eigenvalue weighted by Gasteiger charge is 2.39. The van der Waals surface area contributed by atoms with E-state index in [0.29, 0.717) is 22.0 Å². The predicted molar refractivity (Wildman–Crippen MR) is 113 cm³/mol. The SMILES string of the molecule is Cc1nnc(SCc2c(C(=O)ON3C(=O)c4ccccc4C3=O)oc3ccccc23)s1. The highest BCUT2D eigenvalue weighted by atomic mass is 32.2. The number of carbonyl (C=O) groups excluding carboxylic acids is 3. The first-order chi connectivity index (χ1) is 15.0. The standard InChI is InChI=1S/C21H13N3O5S2/c1-11-22-23-21(31-11)30-10-15-12-6-4-5-9-16(12)28-17(15)20(27)29-24-18(25)13-7-2-3-8-14(13)19(24)26/h2-9H,10H2,1H3. The summed E-state index contributed by atoms with van der Waals surface area (Å²) in [5.74, 6) is -1.99. The average Bonchev–Trinajstić information content (AvgIpc) is 3.43. The molecule has 0 bridgehead atoms. The smallest absolute Gasteiger partial charge is 0.399 e. The number of aromatic nitrogens is 2. The zero-order valence-electron chi connectivity index (χ0n) is 16.0. The lowest BCUT2D eigenvalue weighted by atomic mass is 10.1. The van der Waals surface area contributed by atoms with Gasteiger partial charge in [0.05, 0.1) is 11.1 Å². The van der Waals surface area contributed by atoms with Crippen LogP contribution in [0.25, 0.3) is 11.0 Å². The van der Waals surface area contributed by atoms with Gasteiger partial charge in [0.25, 0.3) is 11.8 Å². The molecule has 4 aromatic rings. The Kier molecular flexibility index (Phi) is 4.79. The summed E-state index contributed by atoms with van der Waals surface area (Å²) in [5, 5.41) is 10.1. The van der Waals surface area contributed by atoms with Crippen molar-refractivity contribution in [1.82, 2.24) is 15.3 Å². The summed E-state index contributed by atoms with van der Waals surface area (Å²) in [6.07, 6.45) is 0. The Hall–Kier alpha value is -3.50. The molecule has 31 heavy (non-hydrogen) atoms. The molecule has 0 aliphatic carbocycles. The number of fused-ring (bicyclic) bond motifs is 2. The fourth-order valence-corrected chi connectivity index (χ4v) is 5.10. The Labute approximate surface area is 183 Å². The third-order valence-corrected chi connectivity index (χ3v) is 6.66. The fraction of sp³-hybridized carbons (Fsp3) is 0.0952. The number of rotatable bonds is 5. The van der Waals surface area contributed by atoms with E-state index in [4.69, 9.17) is 9.25 Å². The molecule has 1 aliphatic heterocycles. The maximum absolute atomic E-state index is 13.0. The number of aryl methyl sites for hydroxylation is 1. The number of hydrogen-bond donors (Lipinski definition) is 0. The number of benzene rings is 2. The Morgan fingerprint density at radius 1 is 1.06 bits per heavy atom. The number of para-hydroxylation sites is 1. The van der Waals surface area contributed by atoms with Crippen molar-refractivity contribution in [3.05, 3.63) is 76.0 Å². The number of amides is 2. The Morgan fingerprint density at radius 2 is 1.74 bits per heavy atom. The number of furan rings is 1. The minimum Gasteiger partial charge on any atom is -0.449 e. The molecule has 10 heteroatoms. The molecular formula is C21H13N3O5S2. The van der Waals surface area contributed by atoms with Crippen LogP contribution in [0.4, 0.5) is 0 Å². The first-order valence-corrected chi connectivity index (χ1v) is 11.0. The molecule has 0 unspecified atom stereocenters. The van der Waals surface area contributed by atoms with Gasteiger partial charge in [-0.1, -0.05) is 58.5 Å². The normalized spacial score (nSPS) is 13.1. The minimum atomic E-state index is -0.922. The van der Waals surface area contributed by atoms with Gasteiger partial charge in [-0.2, -0.15) is 0 Å². The van der Waals surface area contributed by atoms with Crippen LogP contribution in [0.3, 0.4) is 0 Å². The van der Waals surface area contributed by atoms with Gasteiger partial charge >= 0.3 is 5.97 Å². The maximum Gasteiger partial charge on any atom is 0.399 e. The lowest BCUT2D eigenvalue weighted by Crippen LogP contribution is -2.32. The number of imide groups is 1. The molecule has 8 nitrogen and oxygen atoms in total. The summed E-state index contributed by atoms with van der Waals surface area (Å²) in [4.78, 5) is 43.2. The summed E-state index contributed by atoms with van der Waals surface area (Å²) in [7, 11) is 0. The van der Waals surface area contributed by atoms with E-state index in [1.165, 1.54) is 35.2 Å². The third-order valence-electron chi connectivity index (χ3n) is 4.66. The Bertz CT molecular complexity index is 1330. The number of hydrogen-bond acceptors (Lipinski definition) is 9. The van der Waals surface area contributed by atoms with E-state index >= 15 is 0 Å². The summed E-state index contributed by atoms with van der Waals surface area (Å²) in [5.41, 5.74) is 1.47. The second-order valence-corrected chi connectivity index (χ2v) is 9.01. The summed E-state index contributed by atoms with van der Waals surface area (Å²) in [6.45, 7) is 1.86. The second-order valence-electron chi connectivity index (χ2n) is 6.61. The van der Waals surface area contributed by atoms with Crippen molar-refractivity contribution in [2.24, 2.45) is 0 Å². The Balaban J connectivity index is 1.45. The monoisotopic (exact) mass is 451 g/mol. The van der Waals surface area contributed by atoms with E-state index in [1.54, 1.807) is 24.3 Å². The van der Waals surface area contributed by atoms with Crippen molar-refractivity contribution in [1.29, 1.82) is 0 Å². The first kappa shape index (κ1) is 19.5. The van der Waals surface area contributed by atoms with Gasteiger partial charge in [0.2, 0.25) is 5.76 Å². The molecule has 154 valence electrons. The molecule has 0 radical (unpaired) electrons. The van der Waals surface area contributed by atoms with Crippen LogP contribution < -0.4 is 0 Å². The lowest BCUT2D eigenvalue weighted by Gasteiger charge is -2.12. The molecule has 2 aromatic carbocycles. The molecule has 3 heterocycles. The molecule has 2 aromatic heterocycles. The predicted octanol–water partition coefficient (Wildman–Crippen LogP) is 4.25. The number of carbonyl (C=O) groups is 3. The molecular weight excluding hydrogens is 438 g/mol. The molecule has 0 N–H and O–H groups in total. The van der Waals surface area contributed by atoms with Crippen LogP contribution >= 0.6 is 23.1 Å². The molecule has 0 saturated carbocycles. The van der Waals surface area contributed by atoms with E-state index in [-0.39, 0.29) is 16.9 Å². The van der Waals surface area contributed by atoms with Gasteiger partial charge in [-0.25, -0.2) is 4.79 Å². The van der Waals surface area contributed by atoms with Gasteiger partial charge in [-0.15, -0.1) is 10.2 Å². The number of hydroxylamine groups is 2. The fourth-order valence-electron chi connectivity index (χ4n) is 3.25. The molecule has 1 aliphatic rings. The van der Waals surface area contributed by atoms with Crippen LogP contribution in [-0.2, 0) is 10.6 Å². The van der Waals surface area contributed by atoms with Crippen LogP contribution in [0.5, 0.6) is 0 Å². The largest absolute Gasteiger partial charge is 0.449 e. The van der Waals surface area contributed by atoms with Crippen molar-refractivity contribution in [2.45, 2.75) is 17.0 Å².